The van der Waals surface area contributed by atoms with Gasteiger partial charge in [-0.15, -0.1) is 6.58 Å². The van der Waals surface area contributed by atoms with Crippen molar-refractivity contribution in [3.05, 3.63) is 90.3 Å². The summed E-state index contributed by atoms with van der Waals surface area (Å²) in [6, 6.07) is 15.1. The van der Waals surface area contributed by atoms with Crippen molar-refractivity contribution in [2.45, 2.75) is 37.7 Å². The molecule has 5 heteroatoms. The maximum atomic E-state index is 15.0. The van der Waals surface area contributed by atoms with E-state index < -0.39 is 11.6 Å². The number of benzene rings is 3. The summed E-state index contributed by atoms with van der Waals surface area (Å²) in [5, 5.41) is 0. The zero-order valence-corrected chi connectivity index (χ0v) is 18.6. The molecule has 0 radical (unpaired) electrons. The first-order valence-electron chi connectivity index (χ1n) is 11.2. The molecular formula is C28H27F3O2. The Kier molecular flexibility index (Phi) is 7.19. The number of rotatable bonds is 7. The molecule has 0 aliphatic carbocycles. The van der Waals surface area contributed by atoms with E-state index in [-0.39, 0.29) is 29.2 Å². The molecule has 172 valence electrons. The van der Waals surface area contributed by atoms with Crippen LogP contribution in [0.5, 0.6) is 5.75 Å². The molecule has 1 aliphatic heterocycles. The van der Waals surface area contributed by atoms with Gasteiger partial charge in [0.2, 0.25) is 5.82 Å². The van der Waals surface area contributed by atoms with E-state index in [0.29, 0.717) is 17.7 Å². The van der Waals surface area contributed by atoms with Crippen LogP contribution in [0.15, 0.2) is 67.3 Å². The summed E-state index contributed by atoms with van der Waals surface area (Å²) in [6.45, 7) is 4.27. The molecule has 2 nitrogen and oxygen atoms in total. The van der Waals surface area contributed by atoms with Crippen LogP contribution in [0.4, 0.5) is 13.2 Å². The summed E-state index contributed by atoms with van der Waals surface area (Å²) in [5.41, 5.74) is 2.87. The van der Waals surface area contributed by atoms with Gasteiger partial charge >= 0.3 is 0 Å². The van der Waals surface area contributed by atoms with Gasteiger partial charge in [-0.1, -0.05) is 42.5 Å². The van der Waals surface area contributed by atoms with Gasteiger partial charge in [0.05, 0.1) is 19.8 Å². The molecule has 3 aromatic rings. The van der Waals surface area contributed by atoms with E-state index in [9.17, 15) is 13.2 Å². The second-order valence-corrected chi connectivity index (χ2v) is 8.35. The molecule has 4 rings (SSSR count). The van der Waals surface area contributed by atoms with Crippen LogP contribution in [0.25, 0.3) is 22.3 Å². The van der Waals surface area contributed by atoms with E-state index in [1.54, 1.807) is 24.3 Å². The number of hydrogen-bond acceptors (Lipinski definition) is 2. The number of halogens is 3. The Labute approximate surface area is 192 Å². The molecule has 2 unspecified atom stereocenters. The molecule has 1 saturated heterocycles. The summed E-state index contributed by atoms with van der Waals surface area (Å²) in [7, 11) is 1.29. The zero-order chi connectivity index (χ0) is 23.4. The fourth-order valence-electron chi connectivity index (χ4n) is 4.38. The lowest BCUT2D eigenvalue weighted by Gasteiger charge is -2.29. The summed E-state index contributed by atoms with van der Waals surface area (Å²) < 4.78 is 54.2. The molecule has 1 aliphatic rings. The van der Waals surface area contributed by atoms with Crippen LogP contribution in [0.3, 0.4) is 0 Å². The number of hydrogen-bond donors (Lipinski definition) is 0. The van der Waals surface area contributed by atoms with Crippen molar-refractivity contribution in [2.24, 2.45) is 0 Å². The van der Waals surface area contributed by atoms with Crippen LogP contribution in [0, 0.1) is 17.5 Å². The third-order valence-electron chi connectivity index (χ3n) is 6.30. The minimum Gasteiger partial charge on any atom is -0.494 e. The third-order valence-corrected chi connectivity index (χ3v) is 6.30. The SMILES string of the molecule is C=CCCC1CCC(c2ccc(-c3ccc(-c4ccc(OC)c(F)c4F)cc3)cc2F)CO1. The summed E-state index contributed by atoms with van der Waals surface area (Å²) in [6.07, 6.45) is 5.83. The quantitative estimate of drug-likeness (QED) is 0.342. The van der Waals surface area contributed by atoms with Crippen LogP contribution < -0.4 is 4.74 Å². The average molecular weight is 453 g/mol. The Morgan fingerprint density at radius 1 is 0.939 bits per heavy atom. The Morgan fingerprint density at radius 3 is 2.30 bits per heavy atom. The molecule has 0 aromatic heterocycles. The number of methoxy groups -OCH3 is 1. The van der Waals surface area contributed by atoms with Gasteiger partial charge in [-0.2, -0.15) is 4.39 Å². The van der Waals surface area contributed by atoms with E-state index in [1.807, 2.05) is 18.2 Å². The predicted molar refractivity (Wildman–Crippen MR) is 125 cm³/mol. The van der Waals surface area contributed by atoms with Crippen molar-refractivity contribution in [1.29, 1.82) is 0 Å². The highest BCUT2D eigenvalue weighted by Gasteiger charge is 2.24. The first-order chi connectivity index (χ1) is 16.0. The van der Waals surface area contributed by atoms with Crippen LogP contribution in [-0.2, 0) is 4.74 Å². The third kappa shape index (κ3) is 4.98. The topological polar surface area (TPSA) is 18.5 Å². The van der Waals surface area contributed by atoms with E-state index in [2.05, 4.69) is 6.58 Å². The van der Waals surface area contributed by atoms with Crippen molar-refractivity contribution in [2.75, 3.05) is 13.7 Å². The molecule has 3 aromatic carbocycles. The first kappa shape index (κ1) is 23.1. The lowest BCUT2D eigenvalue weighted by molar-refractivity contribution is -0.000784. The van der Waals surface area contributed by atoms with Gasteiger partial charge in [-0.3, -0.25) is 0 Å². The Hall–Kier alpha value is -3.05. The highest BCUT2D eigenvalue weighted by Crippen LogP contribution is 2.34. The van der Waals surface area contributed by atoms with Crippen molar-refractivity contribution in [3.8, 4) is 28.0 Å². The Bertz CT molecular complexity index is 1120. The smallest absolute Gasteiger partial charge is 0.201 e. The highest BCUT2D eigenvalue weighted by atomic mass is 19.2. The minimum atomic E-state index is -1.02. The highest BCUT2D eigenvalue weighted by molar-refractivity contribution is 5.71. The van der Waals surface area contributed by atoms with Crippen molar-refractivity contribution >= 4 is 0 Å². The molecule has 0 amide bonds. The second kappa shape index (κ2) is 10.3. The van der Waals surface area contributed by atoms with Gasteiger partial charge in [-0.25, -0.2) is 8.78 Å². The molecule has 0 N–H and O–H groups in total. The van der Waals surface area contributed by atoms with Gasteiger partial charge in [0.25, 0.3) is 0 Å². The lowest BCUT2D eigenvalue weighted by atomic mass is 9.89. The minimum absolute atomic E-state index is 0.0503. The van der Waals surface area contributed by atoms with Gasteiger partial charge < -0.3 is 9.47 Å². The fourth-order valence-corrected chi connectivity index (χ4v) is 4.38. The van der Waals surface area contributed by atoms with E-state index in [4.69, 9.17) is 9.47 Å². The normalized spacial score (nSPS) is 18.2. The zero-order valence-electron chi connectivity index (χ0n) is 18.6. The van der Waals surface area contributed by atoms with Gasteiger partial charge in [0.1, 0.15) is 5.82 Å². The van der Waals surface area contributed by atoms with E-state index in [0.717, 1.165) is 36.8 Å². The van der Waals surface area contributed by atoms with Gasteiger partial charge in [0, 0.05) is 11.5 Å². The molecule has 0 bridgehead atoms. The predicted octanol–water partition coefficient (Wildman–Crippen LogP) is 7.68. The first-order valence-corrected chi connectivity index (χ1v) is 11.2. The maximum Gasteiger partial charge on any atom is 0.201 e. The fraction of sp³-hybridized carbons (Fsp3) is 0.286. The lowest BCUT2D eigenvalue weighted by Crippen LogP contribution is -2.25. The van der Waals surface area contributed by atoms with Crippen LogP contribution >= 0.6 is 0 Å². The van der Waals surface area contributed by atoms with Crippen molar-refractivity contribution in [3.63, 3.8) is 0 Å². The summed E-state index contributed by atoms with van der Waals surface area (Å²) in [4.78, 5) is 0. The second-order valence-electron chi connectivity index (χ2n) is 8.35. The van der Waals surface area contributed by atoms with Crippen LogP contribution in [0.2, 0.25) is 0 Å². The molecule has 0 spiro atoms. The van der Waals surface area contributed by atoms with E-state index in [1.165, 1.54) is 25.3 Å². The number of allylic oxidation sites excluding steroid dienone is 1. The molecule has 0 saturated carbocycles. The number of ether oxygens (including phenoxy) is 2. The Morgan fingerprint density at radius 2 is 1.67 bits per heavy atom. The van der Waals surface area contributed by atoms with Crippen LogP contribution in [0.1, 0.15) is 37.2 Å². The van der Waals surface area contributed by atoms with Crippen LogP contribution in [-0.4, -0.2) is 19.8 Å². The summed E-state index contributed by atoms with van der Waals surface area (Å²) >= 11 is 0. The average Bonchev–Trinajstić information content (AvgIpc) is 2.85. The molecule has 2 atom stereocenters. The molecular weight excluding hydrogens is 425 g/mol. The van der Waals surface area contributed by atoms with Crippen molar-refractivity contribution < 1.29 is 22.6 Å². The largest absolute Gasteiger partial charge is 0.494 e. The Balaban J connectivity index is 1.49. The molecule has 1 heterocycles. The van der Waals surface area contributed by atoms with Crippen molar-refractivity contribution in [1.82, 2.24) is 0 Å². The standard InChI is InChI=1S/C28H27F3O2/c1-3-4-5-22-12-10-21(17-33-22)23-13-11-20(16-25(23)29)18-6-8-19(9-7-18)24-14-15-26(32-2)28(31)27(24)30/h3,6-9,11,13-16,21-22H,1,4-5,10,12,17H2,2H3. The maximum absolute atomic E-state index is 15.0. The summed E-state index contributed by atoms with van der Waals surface area (Å²) in [5.74, 6) is -2.32. The molecule has 33 heavy (non-hydrogen) atoms. The molecule has 1 fully saturated rings. The monoisotopic (exact) mass is 452 g/mol. The van der Waals surface area contributed by atoms with E-state index >= 15 is 0 Å². The van der Waals surface area contributed by atoms with Gasteiger partial charge in [0.15, 0.2) is 11.6 Å². The van der Waals surface area contributed by atoms with Gasteiger partial charge in [-0.05, 0) is 66.1 Å².